The zero-order valence-corrected chi connectivity index (χ0v) is 20.7. The molecule has 8 nitrogen and oxygen atoms in total. The smallest absolute Gasteiger partial charge is 0.412 e. The van der Waals surface area contributed by atoms with Gasteiger partial charge in [0.25, 0.3) is 0 Å². The molecule has 3 aromatic rings. The van der Waals surface area contributed by atoms with Crippen molar-refractivity contribution < 1.29 is 24.1 Å². The van der Waals surface area contributed by atoms with Crippen molar-refractivity contribution in [1.29, 1.82) is 0 Å². The average Bonchev–Trinajstić information content (AvgIpc) is 3.22. The Labute approximate surface area is 205 Å². The molecular weight excluding hydrogens is 446 g/mol. The molecule has 186 valence electrons. The standard InChI is InChI=1S/C27H33N3O5/c1-27(2,3)35-26(32)29(4)25-22(16-34-25)20-13-18(17-8-10-19(31)11-9-17)14-23-21(20)15-28-30(23)24-7-5-6-12-33-24/h8-11,13-15,22,24-25,31H,5-7,12,16H2,1-4H3/t22-,24?,25+/m0/s1. The number of carbonyl (C=O) groups is 1. The van der Waals surface area contributed by atoms with E-state index in [1.807, 2.05) is 43.8 Å². The molecule has 35 heavy (non-hydrogen) atoms. The van der Waals surface area contributed by atoms with Gasteiger partial charge in [-0.1, -0.05) is 12.1 Å². The van der Waals surface area contributed by atoms with Gasteiger partial charge in [-0.25, -0.2) is 9.48 Å². The number of benzene rings is 2. The van der Waals surface area contributed by atoms with E-state index >= 15 is 0 Å². The van der Waals surface area contributed by atoms with Gasteiger partial charge in [0.2, 0.25) is 0 Å². The number of phenols is 1. The van der Waals surface area contributed by atoms with Gasteiger partial charge in [0.1, 0.15) is 17.6 Å². The predicted octanol–water partition coefficient (Wildman–Crippen LogP) is 5.41. The highest BCUT2D eigenvalue weighted by molar-refractivity contribution is 5.88. The molecule has 1 N–H and O–H groups in total. The van der Waals surface area contributed by atoms with E-state index in [1.54, 1.807) is 19.2 Å². The van der Waals surface area contributed by atoms with E-state index in [0.29, 0.717) is 6.61 Å². The lowest BCUT2D eigenvalue weighted by atomic mass is 9.88. The van der Waals surface area contributed by atoms with E-state index in [2.05, 4.69) is 12.1 Å². The van der Waals surface area contributed by atoms with E-state index in [1.165, 1.54) is 4.90 Å². The molecule has 0 radical (unpaired) electrons. The summed E-state index contributed by atoms with van der Waals surface area (Å²) in [5.74, 6) is 0.194. The molecule has 0 saturated carbocycles. The van der Waals surface area contributed by atoms with E-state index < -0.39 is 17.9 Å². The van der Waals surface area contributed by atoms with Crippen molar-refractivity contribution in [2.45, 2.75) is 64.0 Å². The van der Waals surface area contributed by atoms with Gasteiger partial charge < -0.3 is 19.3 Å². The monoisotopic (exact) mass is 479 g/mol. The Hall–Kier alpha value is -3.10. The summed E-state index contributed by atoms with van der Waals surface area (Å²) < 4.78 is 19.5. The van der Waals surface area contributed by atoms with Crippen LogP contribution < -0.4 is 0 Å². The molecular formula is C27H33N3O5. The van der Waals surface area contributed by atoms with Gasteiger partial charge in [-0.2, -0.15) is 5.10 Å². The second kappa shape index (κ2) is 9.17. The van der Waals surface area contributed by atoms with Crippen LogP contribution in [-0.2, 0) is 14.2 Å². The number of nitrogens with zero attached hydrogens (tertiary/aromatic N) is 3. The molecule has 8 heteroatoms. The number of likely N-dealkylation sites (N-methyl/N-ethyl adjacent to an activating group) is 1. The van der Waals surface area contributed by atoms with Crippen molar-refractivity contribution in [3.05, 3.63) is 48.2 Å². The lowest BCUT2D eigenvalue weighted by Gasteiger charge is -2.43. The number of hydrogen-bond donors (Lipinski definition) is 1. The number of carbonyl (C=O) groups excluding carboxylic acids is 1. The molecule has 1 aromatic heterocycles. The Balaban J connectivity index is 1.55. The summed E-state index contributed by atoms with van der Waals surface area (Å²) in [5.41, 5.74) is 3.47. The summed E-state index contributed by atoms with van der Waals surface area (Å²) in [5, 5.41) is 15.5. The number of rotatable bonds is 4. The first-order valence-corrected chi connectivity index (χ1v) is 12.2. The summed E-state index contributed by atoms with van der Waals surface area (Å²) in [4.78, 5) is 14.3. The minimum atomic E-state index is -0.586. The molecule has 0 spiro atoms. The zero-order chi connectivity index (χ0) is 24.7. The van der Waals surface area contributed by atoms with Crippen LogP contribution in [0.15, 0.2) is 42.6 Å². The normalized spacial score (nSPS) is 22.6. The van der Waals surface area contributed by atoms with Gasteiger partial charge in [0.15, 0.2) is 6.23 Å². The summed E-state index contributed by atoms with van der Waals surface area (Å²) >= 11 is 0. The van der Waals surface area contributed by atoms with E-state index in [9.17, 15) is 9.90 Å². The highest BCUT2D eigenvalue weighted by Gasteiger charge is 2.41. The number of ether oxygens (including phenoxy) is 3. The van der Waals surface area contributed by atoms with Gasteiger partial charge in [0.05, 0.1) is 24.2 Å². The van der Waals surface area contributed by atoms with Crippen LogP contribution in [0.3, 0.4) is 0 Å². The maximum absolute atomic E-state index is 12.7. The molecule has 5 rings (SSSR count). The first-order chi connectivity index (χ1) is 16.7. The number of phenolic OH excluding ortho intramolecular Hbond substituents is 1. The summed E-state index contributed by atoms with van der Waals surface area (Å²) in [6, 6.07) is 11.5. The van der Waals surface area contributed by atoms with Crippen molar-refractivity contribution in [3.8, 4) is 16.9 Å². The molecule has 2 saturated heterocycles. The molecule has 0 aliphatic carbocycles. The van der Waals surface area contributed by atoms with Crippen LogP contribution in [0.2, 0.25) is 0 Å². The minimum absolute atomic E-state index is 0.0305. The SMILES string of the molecule is CN(C(=O)OC(C)(C)C)[C@@H]1OC[C@H]1c1cc(-c2ccc(O)cc2)cc2c1cnn2C1CCCCO1. The van der Waals surface area contributed by atoms with E-state index in [-0.39, 0.29) is 17.9 Å². The van der Waals surface area contributed by atoms with Gasteiger partial charge in [-0.05, 0) is 81.0 Å². The van der Waals surface area contributed by atoms with Crippen molar-refractivity contribution >= 4 is 17.0 Å². The molecule has 2 aliphatic heterocycles. The molecule has 0 bridgehead atoms. The number of hydrogen-bond acceptors (Lipinski definition) is 6. The second-order valence-electron chi connectivity index (χ2n) is 10.4. The van der Waals surface area contributed by atoms with Crippen LogP contribution in [0.4, 0.5) is 4.79 Å². The third-order valence-corrected chi connectivity index (χ3v) is 6.63. The highest BCUT2D eigenvalue weighted by Crippen LogP contribution is 2.41. The highest BCUT2D eigenvalue weighted by atomic mass is 16.6. The maximum Gasteiger partial charge on any atom is 0.412 e. The van der Waals surface area contributed by atoms with Crippen molar-refractivity contribution in [3.63, 3.8) is 0 Å². The number of amides is 1. The molecule has 2 aliphatic rings. The van der Waals surface area contributed by atoms with Crippen LogP contribution in [0.1, 0.15) is 57.7 Å². The van der Waals surface area contributed by atoms with Crippen LogP contribution >= 0.6 is 0 Å². The zero-order valence-electron chi connectivity index (χ0n) is 20.7. The molecule has 3 atom stereocenters. The second-order valence-corrected chi connectivity index (χ2v) is 10.4. The van der Waals surface area contributed by atoms with E-state index in [0.717, 1.165) is 53.5 Å². The van der Waals surface area contributed by atoms with Crippen LogP contribution in [0.5, 0.6) is 5.75 Å². The third-order valence-electron chi connectivity index (χ3n) is 6.63. The molecule has 2 fully saturated rings. The van der Waals surface area contributed by atoms with Crippen LogP contribution in [-0.4, -0.2) is 58.0 Å². The topological polar surface area (TPSA) is 86.0 Å². The van der Waals surface area contributed by atoms with Crippen molar-refractivity contribution in [2.75, 3.05) is 20.3 Å². The Morgan fingerprint density at radius 1 is 1.14 bits per heavy atom. The summed E-state index contributed by atoms with van der Waals surface area (Å²) in [6.07, 6.45) is 4.05. The van der Waals surface area contributed by atoms with Gasteiger partial charge in [-0.3, -0.25) is 4.90 Å². The van der Waals surface area contributed by atoms with Crippen LogP contribution in [0, 0.1) is 0 Å². The molecule has 2 aromatic carbocycles. The fourth-order valence-electron chi connectivity index (χ4n) is 4.79. The minimum Gasteiger partial charge on any atom is -0.508 e. The van der Waals surface area contributed by atoms with Gasteiger partial charge >= 0.3 is 6.09 Å². The van der Waals surface area contributed by atoms with Crippen LogP contribution in [0.25, 0.3) is 22.0 Å². The van der Waals surface area contributed by atoms with Crippen molar-refractivity contribution in [1.82, 2.24) is 14.7 Å². The van der Waals surface area contributed by atoms with Crippen molar-refractivity contribution in [2.24, 2.45) is 0 Å². The largest absolute Gasteiger partial charge is 0.508 e. The maximum atomic E-state index is 12.7. The number of aromatic hydroxyl groups is 1. The van der Waals surface area contributed by atoms with Gasteiger partial charge in [-0.15, -0.1) is 0 Å². The first kappa shape index (κ1) is 23.6. The quantitative estimate of drug-likeness (QED) is 0.538. The number of fused-ring (bicyclic) bond motifs is 1. The van der Waals surface area contributed by atoms with E-state index in [4.69, 9.17) is 19.3 Å². The lowest BCUT2D eigenvalue weighted by molar-refractivity contribution is -0.151. The number of aromatic nitrogens is 2. The summed E-state index contributed by atoms with van der Waals surface area (Å²) in [7, 11) is 1.71. The Kier molecular flexibility index (Phi) is 6.19. The Morgan fingerprint density at radius 2 is 1.91 bits per heavy atom. The third kappa shape index (κ3) is 4.73. The lowest BCUT2D eigenvalue weighted by Crippen LogP contribution is -2.52. The Morgan fingerprint density at radius 3 is 2.54 bits per heavy atom. The first-order valence-electron chi connectivity index (χ1n) is 12.2. The molecule has 3 heterocycles. The van der Waals surface area contributed by atoms with Gasteiger partial charge in [0, 0.05) is 19.0 Å². The Bertz CT molecular complexity index is 1210. The predicted molar refractivity (Wildman–Crippen MR) is 132 cm³/mol. The fourth-order valence-corrected chi connectivity index (χ4v) is 4.79. The fraction of sp³-hybridized carbons (Fsp3) is 0.481. The summed E-state index contributed by atoms with van der Waals surface area (Å²) in [6.45, 7) is 6.78. The average molecular weight is 480 g/mol. The molecule has 1 unspecified atom stereocenters. The molecule has 1 amide bonds.